The smallest absolute Gasteiger partial charge is 0.258 e. The molecule has 0 aliphatic heterocycles. The molecule has 0 aromatic heterocycles. The fourth-order valence-corrected chi connectivity index (χ4v) is 9.05. The third-order valence-corrected chi connectivity index (χ3v) is 12.3. The number of hydrogen-bond donors (Lipinski definition) is 0. The fraction of sp³-hybridized carbons (Fsp3) is 0.545. The predicted octanol–water partition coefficient (Wildman–Crippen LogP) is 9.18. The van der Waals surface area contributed by atoms with Gasteiger partial charge in [-0.05, 0) is 12.1 Å². The number of benzene rings is 2. The summed E-state index contributed by atoms with van der Waals surface area (Å²) in [6.07, 6.45) is -7.94. The lowest BCUT2D eigenvalue weighted by Gasteiger charge is -2.43. The maximum Gasteiger partial charge on any atom is 0.460 e. The van der Waals surface area contributed by atoms with Gasteiger partial charge in [0, 0.05) is 27.9 Å². The van der Waals surface area contributed by atoms with Gasteiger partial charge in [-0.3, -0.25) is 10.1 Å². The summed E-state index contributed by atoms with van der Waals surface area (Å²) < 4.78 is 262. The van der Waals surface area contributed by atoms with E-state index in [9.17, 15) is 93.2 Å². The summed E-state index contributed by atoms with van der Waals surface area (Å²) in [7, 11) is -12.0. The van der Waals surface area contributed by atoms with Crippen molar-refractivity contribution in [2.45, 2.75) is 65.7 Å². The van der Waals surface area contributed by atoms with Gasteiger partial charge in [-0.25, -0.2) is 3.63 Å². The van der Waals surface area contributed by atoms with E-state index in [1.807, 2.05) is 0 Å². The molecule has 0 saturated carbocycles. The normalized spacial score (nSPS) is 15.6. The molecule has 0 atom stereocenters. The van der Waals surface area contributed by atoms with Crippen molar-refractivity contribution in [2.75, 3.05) is 11.5 Å². The minimum absolute atomic E-state index is 0.364. The standard InChI is InChI=1S/C22H16F17NO5S2/c1-3-46(4-2,14-10-9-13(40(41)42)11-7-5-6-8-12(11)14)45-47(43,44)22(38,39)20(33,34)18(29,30)16(25,26)15(23,24)17(27,28)19(31,32)21(35,36)37/h5-10H,3-4H2,1-2H3. The van der Waals surface area contributed by atoms with E-state index in [-0.39, 0.29) is 10.8 Å². The lowest BCUT2D eigenvalue weighted by atomic mass is 9.91. The van der Waals surface area contributed by atoms with Gasteiger partial charge in [0.05, 0.1) is 10.3 Å². The topological polar surface area (TPSA) is 86.5 Å². The Hall–Kier alpha value is -2.83. The predicted molar refractivity (Wildman–Crippen MR) is 128 cm³/mol. The number of non-ortho nitro benzene ring substituents is 1. The van der Waals surface area contributed by atoms with Crippen LogP contribution < -0.4 is 0 Å². The van der Waals surface area contributed by atoms with Crippen molar-refractivity contribution in [3.05, 3.63) is 46.5 Å². The number of fused-ring (bicyclic) bond motifs is 1. The molecule has 0 heterocycles. The number of nitrogens with zero attached hydrogens (tertiary/aromatic N) is 1. The summed E-state index contributed by atoms with van der Waals surface area (Å²) in [5.41, 5.74) is -0.708. The van der Waals surface area contributed by atoms with Gasteiger partial charge in [0.25, 0.3) is 5.69 Å². The van der Waals surface area contributed by atoms with Crippen LogP contribution in [-0.2, 0) is 13.7 Å². The van der Waals surface area contributed by atoms with Crippen molar-refractivity contribution >= 4 is 36.9 Å². The zero-order chi connectivity index (χ0) is 37.3. The van der Waals surface area contributed by atoms with Gasteiger partial charge >= 0.3 is 57.1 Å². The van der Waals surface area contributed by atoms with Crippen molar-refractivity contribution in [2.24, 2.45) is 0 Å². The van der Waals surface area contributed by atoms with Crippen LogP contribution in [0.25, 0.3) is 10.8 Å². The molecular weight excluding hydrogens is 745 g/mol. The van der Waals surface area contributed by atoms with Crippen LogP contribution in [0.3, 0.4) is 0 Å². The van der Waals surface area contributed by atoms with Crippen LogP contribution in [0.4, 0.5) is 80.3 Å². The van der Waals surface area contributed by atoms with Gasteiger partial charge < -0.3 is 0 Å². The van der Waals surface area contributed by atoms with E-state index in [0.717, 1.165) is 32.0 Å². The number of hydrogen-bond acceptors (Lipinski definition) is 5. The largest absolute Gasteiger partial charge is 0.460 e. The molecule has 2 rings (SSSR count). The van der Waals surface area contributed by atoms with E-state index in [2.05, 4.69) is 3.63 Å². The van der Waals surface area contributed by atoms with Gasteiger partial charge in [-0.2, -0.15) is 83.1 Å². The molecule has 0 amide bonds. The van der Waals surface area contributed by atoms with Gasteiger partial charge in [-0.1, -0.05) is 42.4 Å². The summed E-state index contributed by atoms with van der Waals surface area (Å²) in [5, 5.41) is 2.77. The Kier molecular flexibility index (Phi) is 10.0. The van der Waals surface area contributed by atoms with Gasteiger partial charge in [0.2, 0.25) is 0 Å². The number of nitro groups is 1. The Morgan fingerprint density at radius 1 is 0.617 bits per heavy atom. The zero-order valence-corrected chi connectivity index (χ0v) is 24.2. The van der Waals surface area contributed by atoms with Gasteiger partial charge in [0.1, 0.15) is 0 Å². The van der Waals surface area contributed by atoms with E-state index in [1.54, 1.807) is 0 Å². The van der Waals surface area contributed by atoms with Crippen LogP contribution in [0.5, 0.6) is 0 Å². The van der Waals surface area contributed by atoms with E-state index in [4.69, 9.17) is 0 Å². The number of alkyl halides is 17. The molecule has 2 aromatic rings. The Labute approximate surface area is 252 Å². The molecule has 0 fully saturated rings. The minimum Gasteiger partial charge on any atom is -0.258 e. The molecule has 0 N–H and O–H groups in total. The average Bonchev–Trinajstić information content (AvgIpc) is 2.93. The summed E-state index contributed by atoms with van der Waals surface area (Å²) in [6.45, 7) is 1.82. The highest BCUT2D eigenvalue weighted by molar-refractivity contribution is 8.33. The Bertz CT molecular complexity index is 1620. The first-order valence-corrected chi connectivity index (χ1v) is 15.2. The summed E-state index contributed by atoms with van der Waals surface area (Å²) in [4.78, 5) is 9.79. The maximum atomic E-state index is 14.8. The lowest BCUT2D eigenvalue weighted by molar-refractivity contribution is -0.458. The SMILES string of the molecule is CCS(CC)(OS(=O)(=O)C(F)(F)C(F)(F)C(F)(F)C(F)(F)C(F)(F)C(F)(F)C(F)(F)C(F)(F)F)c1ccc([N+](=O)[O-])c2ccccc12. The molecule has 0 aliphatic rings. The first-order valence-electron chi connectivity index (χ1n) is 11.9. The Morgan fingerprint density at radius 2 is 1.00 bits per heavy atom. The van der Waals surface area contributed by atoms with E-state index in [1.165, 1.54) is 6.07 Å². The van der Waals surface area contributed by atoms with Gasteiger partial charge in [0.15, 0.2) is 0 Å². The first-order chi connectivity index (χ1) is 20.7. The summed E-state index contributed by atoms with van der Waals surface area (Å²) in [5.74, 6) is -54.2. The monoisotopic (exact) mass is 761 g/mol. The quantitative estimate of drug-likeness (QED) is 0.116. The van der Waals surface area contributed by atoms with Crippen molar-refractivity contribution in [1.29, 1.82) is 0 Å². The number of nitro benzene ring substituents is 1. The highest BCUT2D eigenvalue weighted by atomic mass is 32.3. The highest BCUT2D eigenvalue weighted by Gasteiger charge is 2.96. The number of halogens is 17. The Morgan fingerprint density at radius 3 is 1.38 bits per heavy atom. The molecule has 0 bridgehead atoms. The lowest BCUT2D eigenvalue weighted by Crippen LogP contribution is -2.75. The van der Waals surface area contributed by atoms with Crippen LogP contribution in [0.1, 0.15) is 13.8 Å². The fourth-order valence-electron chi connectivity index (χ4n) is 3.91. The molecule has 2 aromatic carbocycles. The molecule has 0 radical (unpaired) electrons. The van der Waals surface area contributed by atoms with E-state index in [0.29, 0.717) is 12.1 Å². The van der Waals surface area contributed by atoms with Crippen LogP contribution in [0.2, 0.25) is 0 Å². The second-order valence-electron chi connectivity index (χ2n) is 9.26. The second kappa shape index (κ2) is 11.7. The van der Waals surface area contributed by atoms with E-state index < -0.39 is 94.4 Å². The molecule has 0 spiro atoms. The van der Waals surface area contributed by atoms with Crippen molar-refractivity contribution in [1.82, 2.24) is 0 Å². The van der Waals surface area contributed by atoms with Crippen LogP contribution >= 0.6 is 10.3 Å². The van der Waals surface area contributed by atoms with Crippen LogP contribution in [0.15, 0.2) is 41.3 Å². The molecule has 0 saturated heterocycles. The van der Waals surface area contributed by atoms with Crippen molar-refractivity contribution in [3.63, 3.8) is 0 Å². The molecule has 270 valence electrons. The Balaban J connectivity index is 2.79. The molecular formula is C22H16F17NO5S2. The van der Waals surface area contributed by atoms with Crippen molar-refractivity contribution in [3.8, 4) is 0 Å². The third-order valence-electron chi connectivity index (χ3n) is 6.62. The number of rotatable bonds is 13. The van der Waals surface area contributed by atoms with Crippen molar-refractivity contribution < 1.29 is 91.6 Å². The second-order valence-corrected chi connectivity index (χ2v) is 14.4. The molecule has 25 heteroatoms. The molecule has 47 heavy (non-hydrogen) atoms. The van der Waals surface area contributed by atoms with Crippen LogP contribution in [-0.4, -0.2) is 71.8 Å². The summed E-state index contributed by atoms with van der Waals surface area (Å²) in [6, 6.07) is 5.61. The first kappa shape index (κ1) is 40.3. The highest BCUT2D eigenvalue weighted by Crippen LogP contribution is 2.66. The maximum absolute atomic E-state index is 14.8. The van der Waals surface area contributed by atoms with E-state index >= 15 is 0 Å². The molecule has 0 unspecified atom stereocenters. The molecule has 6 nitrogen and oxygen atoms in total. The zero-order valence-electron chi connectivity index (χ0n) is 22.6. The van der Waals surface area contributed by atoms with Gasteiger partial charge in [-0.15, -0.1) is 0 Å². The molecule has 0 aliphatic carbocycles. The average molecular weight is 761 g/mol. The summed E-state index contributed by atoms with van der Waals surface area (Å²) >= 11 is 0. The minimum atomic E-state index is -8.98. The third kappa shape index (κ3) is 5.52. The van der Waals surface area contributed by atoms with Crippen LogP contribution in [0, 0.1) is 10.1 Å².